The minimum Gasteiger partial charge on any atom is -0.339 e. The quantitative estimate of drug-likeness (QED) is 0.395. The maximum atomic E-state index is 12.7. The Morgan fingerprint density at radius 3 is 2.56 bits per heavy atom. The molecule has 32 heavy (non-hydrogen) atoms. The highest BCUT2D eigenvalue weighted by Crippen LogP contribution is 2.29. The van der Waals surface area contributed by atoms with Gasteiger partial charge in [-0.3, -0.25) is 19.8 Å². The summed E-state index contributed by atoms with van der Waals surface area (Å²) in [6.45, 7) is 7.37. The SMILES string of the molecule is Cc1ccc(-c2noc(CCCN3CCN(C(=O)c4cc([N+](=O)[O-])c(C)s4)CC3)n2)cc1. The predicted octanol–water partition coefficient (Wildman–Crippen LogP) is 3.71. The molecule has 3 aromatic rings. The lowest BCUT2D eigenvalue weighted by molar-refractivity contribution is -0.385. The van der Waals surface area contributed by atoms with E-state index in [0.29, 0.717) is 41.0 Å². The minimum atomic E-state index is -0.437. The van der Waals surface area contributed by atoms with E-state index in [2.05, 4.69) is 15.0 Å². The standard InChI is InChI=1S/C22H25N5O4S/c1-15-5-7-17(8-6-15)21-23-20(31-24-21)4-3-9-25-10-12-26(13-11-25)22(28)19-14-18(27(29)30)16(2)32-19/h5-8,14H,3-4,9-13H2,1-2H3. The van der Waals surface area contributed by atoms with Crippen molar-refractivity contribution in [1.82, 2.24) is 19.9 Å². The second-order valence-corrected chi connectivity index (χ2v) is 9.18. The largest absolute Gasteiger partial charge is 0.339 e. The number of benzene rings is 1. The zero-order valence-electron chi connectivity index (χ0n) is 18.1. The number of carbonyl (C=O) groups excluding carboxylic acids is 1. The van der Waals surface area contributed by atoms with Crippen molar-refractivity contribution in [2.45, 2.75) is 26.7 Å². The predicted molar refractivity (Wildman–Crippen MR) is 121 cm³/mol. The third kappa shape index (κ3) is 5.03. The van der Waals surface area contributed by atoms with E-state index in [-0.39, 0.29) is 11.6 Å². The van der Waals surface area contributed by atoms with Crippen LogP contribution < -0.4 is 0 Å². The Kier molecular flexibility index (Phi) is 6.61. The number of aryl methyl sites for hydroxylation is 3. The molecule has 0 aliphatic carbocycles. The van der Waals surface area contributed by atoms with Gasteiger partial charge in [0, 0.05) is 44.2 Å². The highest BCUT2D eigenvalue weighted by molar-refractivity contribution is 7.14. The van der Waals surface area contributed by atoms with Gasteiger partial charge < -0.3 is 9.42 Å². The zero-order chi connectivity index (χ0) is 22.7. The summed E-state index contributed by atoms with van der Waals surface area (Å²) in [4.78, 5) is 32.9. The molecule has 0 radical (unpaired) electrons. The van der Waals surface area contributed by atoms with Crippen molar-refractivity contribution in [3.8, 4) is 11.4 Å². The molecular formula is C22H25N5O4S. The summed E-state index contributed by atoms with van der Waals surface area (Å²) in [7, 11) is 0. The molecule has 10 heteroatoms. The Balaban J connectivity index is 1.23. The molecule has 9 nitrogen and oxygen atoms in total. The Labute approximate surface area is 189 Å². The molecule has 0 bridgehead atoms. The van der Waals surface area contributed by atoms with Crippen LogP contribution in [0.15, 0.2) is 34.9 Å². The molecule has 1 fully saturated rings. The lowest BCUT2D eigenvalue weighted by atomic mass is 10.1. The van der Waals surface area contributed by atoms with Crippen molar-refractivity contribution < 1.29 is 14.2 Å². The van der Waals surface area contributed by atoms with E-state index >= 15 is 0 Å². The minimum absolute atomic E-state index is 0.0172. The highest BCUT2D eigenvalue weighted by Gasteiger charge is 2.26. The third-order valence-corrected chi connectivity index (χ3v) is 6.63. The topological polar surface area (TPSA) is 106 Å². The highest BCUT2D eigenvalue weighted by atomic mass is 32.1. The summed E-state index contributed by atoms with van der Waals surface area (Å²) in [6.07, 6.45) is 1.59. The molecule has 0 saturated carbocycles. The summed E-state index contributed by atoms with van der Waals surface area (Å²) in [5.41, 5.74) is 2.15. The molecule has 1 aliphatic heterocycles. The molecular weight excluding hydrogens is 430 g/mol. The van der Waals surface area contributed by atoms with Crippen LogP contribution in [-0.4, -0.2) is 63.5 Å². The Bertz CT molecular complexity index is 1100. The van der Waals surface area contributed by atoms with Gasteiger partial charge in [0.1, 0.15) is 0 Å². The van der Waals surface area contributed by atoms with Crippen LogP contribution in [0.25, 0.3) is 11.4 Å². The van der Waals surface area contributed by atoms with Crippen molar-refractivity contribution in [3.63, 3.8) is 0 Å². The van der Waals surface area contributed by atoms with Gasteiger partial charge in [-0.25, -0.2) is 0 Å². The van der Waals surface area contributed by atoms with Crippen molar-refractivity contribution in [2.75, 3.05) is 32.7 Å². The smallest absolute Gasteiger partial charge is 0.283 e. The molecule has 0 spiro atoms. The first kappa shape index (κ1) is 22.1. The molecule has 168 valence electrons. The van der Waals surface area contributed by atoms with Gasteiger partial charge in [-0.05, 0) is 26.8 Å². The van der Waals surface area contributed by atoms with E-state index in [9.17, 15) is 14.9 Å². The Hall–Kier alpha value is -3.11. The number of rotatable bonds is 7. The average Bonchev–Trinajstić information content (AvgIpc) is 3.41. The lowest BCUT2D eigenvalue weighted by Crippen LogP contribution is -2.48. The Morgan fingerprint density at radius 2 is 1.91 bits per heavy atom. The summed E-state index contributed by atoms with van der Waals surface area (Å²) in [6, 6.07) is 9.41. The van der Waals surface area contributed by atoms with E-state index in [1.54, 1.807) is 11.8 Å². The number of aromatic nitrogens is 2. The van der Waals surface area contributed by atoms with Crippen LogP contribution in [0.1, 0.15) is 32.4 Å². The summed E-state index contributed by atoms with van der Waals surface area (Å²) in [5, 5.41) is 15.1. The van der Waals surface area contributed by atoms with E-state index in [1.807, 2.05) is 31.2 Å². The van der Waals surface area contributed by atoms with E-state index < -0.39 is 4.92 Å². The summed E-state index contributed by atoms with van der Waals surface area (Å²) in [5.74, 6) is 1.11. The van der Waals surface area contributed by atoms with Crippen LogP contribution >= 0.6 is 11.3 Å². The average molecular weight is 456 g/mol. The van der Waals surface area contributed by atoms with Gasteiger partial charge in [0.05, 0.1) is 14.7 Å². The number of nitro groups is 1. The van der Waals surface area contributed by atoms with Crippen LogP contribution in [0, 0.1) is 24.0 Å². The molecule has 1 aliphatic rings. The molecule has 3 heterocycles. The normalized spacial score (nSPS) is 14.6. The molecule has 2 aromatic heterocycles. The van der Waals surface area contributed by atoms with Gasteiger partial charge in [0.15, 0.2) is 0 Å². The zero-order valence-corrected chi connectivity index (χ0v) is 18.9. The number of amides is 1. The van der Waals surface area contributed by atoms with Gasteiger partial charge in [-0.2, -0.15) is 4.98 Å². The van der Waals surface area contributed by atoms with E-state index in [1.165, 1.54) is 23.0 Å². The first-order chi connectivity index (χ1) is 15.4. The molecule has 0 unspecified atom stereocenters. The maximum absolute atomic E-state index is 12.7. The molecule has 4 rings (SSSR count). The number of piperazine rings is 1. The maximum Gasteiger partial charge on any atom is 0.283 e. The monoisotopic (exact) mass is 455 g/mol. The van der Waals surface area contributed by atoms with Crippen LogP contribution in [0.3, 0.4) is 0 Å². The number of hydrogen-bond acceptors (Lipinski definition) is 8. The van der Waals surface area contributed by atoms with Crippen molar-refractivity contribution in [1.29, 1.82) is 0 Å². The molecule has 1 amide bonds. The second-order valence-electron chi connectivity index (χ2n) is 7.92. The van der Waals surface area contributed by atoms with Gasteiger partial charge in [0.2, 0.25) is 11.7 Å². The van der Waals surface area contributed by atoms with Crippen molar-refractivity contribution in [3.05, 3.63) is 61.7 Å². The molecule has 0 atom stereocenters. The lowest BCUT2D eigenvalue weighted by Gasteiger charge is -2.34. The summed E-state index contributed by atoms with van der Waals surface area (Å²) < 4.78 is 5.39. The molecule has 0 N–H and O–H groups in total. The number of carbonyl (C=O) groups is 1. The van der Waals surface area contributed by atoms with Crippen molar-refractivity contribution in [2.24, 2.45) is 0 Å². The van der Waals surface area contributed by atoms with Gasteiger partial charge in [-0.15, -0.1) is 11.3 Å². The van der Waals surface area contributed by atoms with Crippen LogP contribution in [-0.2, 0) is 6.42 Å². The first-order valence-corrected chi connectivity index (χ1v) is 11.4. The van der Waals surface area contributed by atoms with Crippen molar-refractivity contribution >= 4 is 22.9 Å². The van der Waals surface area contributed by atoms with Gasteiger partial charge >= 0.3 is 0 Å². The second kappa shape index (κ2) is 9.58. The fourth-order valence-corrected chi connectivity index (χ4v) is 4.67. The fourth-order valence-electron chi connectivity index (χ4n) is 3.72. The van der Waals surface area contributed by atoms with Crippen LogP contribution in [0.5, 0.6) is 0 Å². The van der Waals surface area contributed by atoms with Crippen LogP contribution in [0.4, 0.5) is 5.69 Å². The van der Waals surface area contributed by atoms with Crippen LogP contribution in [0.2, 0.25) is 0 Å². The third-order valence-electron chi connectivity index (χ3n) is 5.60. The van der Waals surface area contributed by atoms with Gasteiger partial charge in [0.25, 0.3) is 11.6 Å². The van der Waals surface area contributed by atoms with Gasteiger partial charge in [-0.1, -0.05) is 35.0 Å². The summed E-state index contributed by atoms with van der Waals surface area (Å²) >= 11 is 1.19. The number of nitrogens with zero attached hydrogens (tertiary/aromatic N) is 5. The first-order valence-electron chi connectivity index (χ1n) is 10.6. The number of hydrogen-bond donors (Lipinski definition) is 0. The Morgan fingerprint density at radius 1 is 1.19 bits per heavy atom. The fraction of sp³-hybridized carbons (Fsp3) is 0.409. The molecule has 1 aromatic carbocycles. The number of thiophene rings is 1. The van der Waals surface area contributed by atoms with E-state index in [0.717, 1.165) is 31.6 Å². The molecule has 1 saturated heterocycles. The van der Waals surface area contributed by atoms with E-state index in [4.69, 9.17) is 4.52 Å².